The second-order valence-corrected chi connectivity index (χ2v) is 5.02. The topological polar surface area (TPSA) is 26.3 Å². The van der Waals surface area contributed by atoms with Crippen LogP contribution in [0.25, 0.3) is 0 Å². The molecule has 0 aromatic carbocycles. The number of esters is 1. The van der Waals surface area contributed by atoms with Gasteiger partial charge in [0, 0.05) is 10.5 Å². The lowest BCUT2D eigenvalue weighted by Gasteiger charge is -2.27. The van der Waals surface area contributed by atoms with Gasteiger partial charge in [-0.3, -0.25) is 4.79 Å². The summed E-state index contributed by atoms with van der Waals surface area (Å²) in [6.45, 7) is 2.10. The summed E-state index contributed by atoms with van der Waals surface area (Å²) in [6, 6.07) is 0. The molecule has 2 nitrogen and oxygen atoms in total. The van der Waals surface area contributed by atoms with Crippen molar-refractivity contribution in [3.05, 3.63) is 0 Å². The predicted octanol–water partition coefficient (Wildman–Crippen LogP) is 2.22. The van der Waals surface area contributed by atoms with Crippen molar-refractivity contribution in [2.75, 3.05) is 7.11 Å². The van der Waals surface area contributed by atoms with E-state index in [1.807, 2.05) is 11.8 Å². The Bertz CT molecular complexity index is 155. The van der Waals surface area contributed by atoms with Gasteiger partial charge in [-0.1, -0.05) is 13.3 Å². The van der Waals surface area contributed by atoms with Crippen LogP contribution in [0.15, 0.2) is 0 Å². The van der Waals surface area contributed by atoms with Crippen LogP contribution < -0.4 is 0 Å². The number of hydrogen-bond acceptors (Lipinski definition) is 3. The lowest BCUT2D eigenvalue weighted by Crippen LogP contribution is -2.18. The first-order chi connectivity index (χ1) is 5.72. The molecule has 0 heterocycles. The minimum absolute atomic E-state index is 0.0886. The third-order valence-electron chi connectivity index (χ3n) is 2.16. The van der Waals surface area contributed by atoms with Crippen molar-refractivity contribution in [2.45, 2.75) is 43.1 Å². The zero-order valence-electron chi connectivity index (χ0n) is 7.71. The van der Waals surface area contributed by atoms with Gasteiger partial charge in [0.15, 0.2) is 0 Å². The quantitative estimate of drug-likeness (QED) is 0.633. The first kappa shape index (κ1) is 9.90. The molecule has 0 amide bonds. The third kappa shape index (κ3) is 3.05. The molecule has 70 valence electrons. The number of methoxy groups -OCH3 is 1. The van der Waals surface area contributed by atoms with Crippen molar-refractivity contribution in [3.63, 3.8) is 0 Å². The molecule has 1 unspecified atom stereocenters. The van der Waals surface area contributed by atoms with Crippen molar-refractivity contribution in [1.29, 1.82) is 0 Å². The lowest BCUT2D eigenvalue weighted by molar-refractivity contribution is -0.140. The lowest BCUT2D eigenvalue weighted by atomic mass is 10.00. The van der Waals surface area contributed by atoms with Gasteiger partial charge in [0.05, 0.1) is 13.5 Å². The smallest absolute Gasteiger partial charge is 0.306 e. The van der Waals surface area contributed by atoms with Gasteiger partial charge < -0.3 is 4.74 Å². The molecule has 1 fully saturated rings. The van der Waals surface area contributed by atoms with Gasteiger partial charge in [-0.25, -0.2) is 0 Å². The molecule has 1 rings (SSSR count). The summed E-state index contributed by atoms with van der Waals surface area (Å²) in [4.78, 5) is 10.9. The molecule has 0 radical (unpaired) electrons. The summed E-state index contributed by atoms with van der Waals surface area (Å²) >= 11 is 1.93. The van der Waals surface area contributed by atoms with E-state index in [1.165, 1.54) is 26.4 Å². The predicted molar refractivity (Wildman–Crippen MR) is 51.3 cm³/mol. The van der Waals surface area contributed by atoms with E-state index in [-0.39, 0.29) is 5.97 Å². The summed E-state index contributed by atoms with van der Waals surface area (Å²) < 4.78 is 4.60. The van der Waals surface area contributed by atoms with E-state index in [4.69, 9.17) is 0 Å². The van der Waals surface area contributed by atoms with Crippen LogP contribution in [-0.2, 0) is 9.53 Å². The minimum Gasteiger partial charge on any atom is -0.469 e. The minimum atomic E-state index is -0.0886. The highest BCUT2D eigenvalue weighted by molar-refractivity contribution is 8.00. The maximum atomic E-state index is 10.9. The fraction of sp³-hybridized carbons (Fsp3) is 0.889. The van der Waals surface area contributed by atoms with E-state index < -0.39 is 0 Å². The fourth-order valence-corrected chi connectivity index (χ4v) is 2.70. The van der Waals surface area contributed by atoms with Gasteiger partial charge in [0.25, 0.3) is 0 Å². The number of rotatable bonds is 4. The Balaban J connectivity index is 2.10. The highest BCUT2D eigenvalue weighted by Crippen LogP contribution is 2.34. The third-order valence-corrected chi connectivity index (χ3v) is 3.65. The van der Waals surface area contributed by atoms with E-state index in [0.29, 0.717) is 11.7 Å². The van der Waals surface area contributed by atoms with Crippen molar-refractivity contribution in [1.82, 2.24) is 0 Å². The molecule has 1 aliphatic rings. The maximum absolute atomic E-state index is 10.9. The number of ether oxygens (including phenoxy) is 1. The Morgan fingerprint density at radius 3 is 2.75 bits per heavy atom. The molecule has 1 aliphatic carbocycles. The highest BCUT2D eigenvalue weighted by atomic mass is 32.2. The van der Waals surface area contributed by atoms with Gasteiger partial charge in [-0.15, -0.1) is 0 Å². The van der Waals surface area contributed by atoms with E-state index in [0.717, 1.165) is 5.25 Å². The molecule has 12 heavy (non-hydrogen) atoms. The average molecular weight is 188 g/mol. The van der Waals surface area contributed by atoms with Crippen LogP contribution in [0.1, 0.15) is 32.6 Å². The normalized spacial score (nSPS) is 19.8. The van der Waals surface area contributed by atoms with Crippen molar-refractivity contribution < 1.29 is 9.53 Å². The standard InChI is InChI=1S/C9H16O2S/c1-7(6-9(10)11-2)12-8-4-3-5-8/h7-8H,3-6H2,1-2H3. The fourth-order valence-electron chi connectivity index (χ4n) is 1.20. The molecule has 1 atom stereocenters. The molecule has 0 saturated heterocycles. The Morgan fingerprint density at radius 1 is 1.67 bits per heavy atom. The van der Waals surface area contributed by atoms with Crippen LogP contribution in [0.3, 0.4) is 0 Å². The summed E-state index contributed by atoms with van der Waals surface area (Å²) in [7, 11) is 1.45. The molecular formula is C9H16O2S. The maximum Gasteiger partial charge on any atom is 0.306 e. The van der Waals surface area contributed by atoms with Crippen LogP contribution >= 0.6 is 11.8 Å². The second-order valence-electron chi connectivity index (χ2n) is 3.28. The van der Waals surface area contributed by atoms with Crippen LogP contribution in [0.2, 0.25) is 0 Å². The zero-order valence-corrected chi connectivity index (χ0v) is 8.52. The zero-order chi connectivity index (χ0) is 8.97. The Hall–Kier alpha value is -0.180. The molecule has 0 aromatic rings. The first-order valence-corrected chi connectivity index (χ1v) is 5.39. The summed E-state index contributed by atoms with van der Waals surface area (Å²) in [5.74, 6) is -0.0886. The molecule has 3 heteroatoms. The SMILES string of the molecule is COC(=O)CC(C)SC1CCC1. The van der Waals surface area contributed by atoms with Crippen LogP contribution in [0.4, 0.5) is 0 Å². The van der Waals surface area contributed by atoms with Gasteiger partial charge in [0.2, 0.25) is 0 Å². The molecule has 0 bridgehead atoms. The van der Waals surface area contributed by atoms with Crippen LogP contribution in [0, 0.1) is 0 Å². The van der Waals surface area contributed by atoms with Crippen molar-refractivity contribution in [3.8, 4) is 0 Å². The average Bonchev–Trinajstić information content (AvgIpc) is 1.97. The van der Waals surface area contributed by atoms with E-state index in [9.17, 15) is 4.79 Å². The largest absolute Gasteiger partial charge is 0.469 e. The number of carbonyl (C=O) groups is 1. The van der Waals surface area contributed by atoms with E-state index in [2.05, 4.69) is 11.7 Å². The van der Waals surface area contributed by atoms with Crippen molar-refractivity contribution >= 4 is 17.7 Å². The molecule has 0 N–H and O–H groups in total. The van der Waals surface area contributed by atoms with Gasteiger partial charge >= 0.3 is 5.97 Å². The van der Waals surface area contributed by atoms with Gasteiger partial charge in [0.1, 0.15) is 0 Å². The van der Waals surface area contributed by atoms with E-state index >= 15 is 0 Å². The van der Waals surface area contributed by atoms with Gasteiger partial charge in [-0.05, 0) is 12.8 Å². The highest BCUT2D eigenvalue weighted by Gasteiger charge is 2.21. The molecule has 1 saturated carbocycles. The Kier molecular flexibility index (Phi) is 3.92. The molecule has 0 spiro atoms. The van der Waals surface area contributed by atoms with Crippen molar-refractivity contribution in [2.24, 2.45) is 0 Å². The summed E-state index contributed by atoms with van der Waals surface area (Å²) in [6.07, 6.45) is 4.58. The van der Waals surface area contributed by atoms with Gasteiger partial charge in [-0.2, -0.15) is 11.8 Å². The monoisotopic (exact) mass is 188 g/mol. The Labute approximate surface area is 78.1 Å². The Morgan fingerprint density at radius 2 is 2.33 bits per heavy atom. The number of carbonyl (C=O) groups excluding carboxylic acids is 1. The van der Waals surface area contributed by atoms with E-state index in [1.54, 1.807) is 0 Å². The second kappa shape index (κ2) is 4.75. The summed E-state index contributed by atoms with van der Waals surface area (Å²) in [5.41, 5.74) is 0. The molecule has 0 aliphatic heterocycles. The van der Waals surface area contributed by atoms with Crippen LogP contribution in [-0.4, -0.2) is 23.6 Å². The number of hydrogen-bond donors (Lipinski definition) is 0. The first-order valence-electron chi connectivity index (χ1n) is 4.44. The molecular weight excluding hydrogens is 172 g/mol. The van der Waals surface area contributed by atoms with Crippen LogP contribution in [0.5, 0.6) is 0 Å². The summed E-state index contributed by atoms with van der Waals surface area (Å²) in [5, 5.41) is 1.23. The number of thioether (sulfide) groups is 1. The molecule has 0 aromatic heterocycles.